The largest absolute Gasteiger partial charge is 0.507 e. The zero-order valence-corrected chi connectivity index (χ0v) is 24.3. The highest BCUT2D eigenvalue weighted by Gasteiger charge is 2.50. The first-order chi connectivity index (χ1) is 21.8. The maximum absolute atomic E-state index is 13.7. The molecule has 2 aromatic carbocycles. The molecule has 2 saturated heterocycles. The third-order valence-electron chi connectivity index (χ3n) is 8.31. The number of phenolic OH excluding ortho intramolecular Hbond substituents is 3. The number of aliphatic hydroxyl groups is 8. The summed E-state index contributed by atoms with van der Waals surface area (Å²) in [5.41, 5.74) is -2.88. The van der Waals surface area contributed by atoms with Gasteiger partial charge in [0.2, 0.25) is 5.75 Å². The number of aromatic hydroxyl groups is 3. The van der Waals surface area contributed by atoms with Crippen molar-refractivity contribution in [3.63, 3.8) is 0 Å². The van der Waals surface area contributed by atoms with Gasteiger partial charge in [-0.3, -0.25) is 4.79 Å². The zero-order chi connectivity index (χ0) is 33.8. The lowest BCUT2D eigenvalue weighted by atomic mass is 9.85. The summed E-state index contributed by atoms with van der Waals surface area (Å²) < 4.78 is 27.5. The number of hydrogen-bond donors (Lipinski definition) is 11. The van der Waals surface area contributed by atoms with E-state index in [4.69, 9.17) is 23.4 Å². The van der Waals surface area contributed by atoms with Crippen molar-refractivity contribution >= 4 is 11.0 Å². The van der Waals surface area contributed by atoms with Crippen LogP contribution in [-0.4, -0.2) is 132 Å². The standard InChI is InChI=1S/C29H34O17/c1-42-11-3-8(4-12(43-2)18(11)33)10-5-9(32)15-21(36)16(28-25(40)23(38)19(34)13(6-30)45-28)22(37)17(27(15)44-10)29-26(41)24(39)20(35)14(7-31)46-29/h3-5,13-14,19-20,23-26,28-31,33-41H,6-7H2,1-2H3/t13-,14-,19+,20+,23-,24-,25-,26-,28-,29-/m0/s1. The topological polar surface area (TPSA) is 290 Å². The van der Waals surface area contributed by atoms with E-state index in [0.29, 0.717) is 0 Å². The van der Waals surface area contributed by atoms with E-state index < -0.39 is 113 Å². The number of rotatable bonds is 7. The van der Waals surface area contributed by atoms with E-state index in [1.165, 1.54) is 26.4 Å². The van der Waals surface area contributed by atoms with Gasteiger partial charge in [0.15, 0.2) is 22.5 Å². The van der Waals surface area contributed by atoms with E-state index in [-0.39, 0.29) is 28.6 Å². The molecule has 2 aliphatic heterocycles. The number of ether oxygens (including phenoxy) is 4. The molecule has 0 spiro atoms. The van der Waals surface area contributed by atoms with Crippen LogP contribution in [0.5, 0.6) is 28.7 Å². The van der Waals surface area contributed by atoms with E-state index in [1.54, 1.807) is 0 Å². The highest BCUT2D eigenvalue weighted by molar-refractivity contribution is 5.92. The first-order valence-electron chi connectivity index (χ1n) is 13.9. The lowest BCUT2D eigenvalue weighted by molar-refractivity contribution is -0.234. The van der Waals surface area contributed by atoms with Gasteiger partial charge in [-0.05, 0) is 12.1 Å². The van der Waals surface area contributed by atoms with Crippen LogP contribution in [0, 0.1) is 0 Å². The van der Waals surface area contributed by atoms with Crippen LogP contribution in [0.3, 0.4) is 0 Å². The Hall–Kier alpha value is -3.75. The van der Waals surface area contributed by atoms with Gasteiger partial charge in [0.25, 0.3) is 0 Å². The second-order valence-electron chi connectivity index (χ2n) is 10.9. The van der Waals surface area contributed by atoms with E-state index in [2.05, 4.69) is 0 Å². The van der Waals surface area contributed by atoms with Crippen molar-refractivity contribution in [2.45, 2.75) is 61.0 Å². The molecule has 0 saturated carbocycles. The number of aliphatic hydroxyl groups excluding tert-OH is 8. The predicted molar refractivity (Wildman–Crippen MR) is 151 cm³/mol. The fourth-order valence-electron chi connectivity index (χ4n) is 5.80. The Bertz CT molecular complexity index is 1630. The van der Waals surface area contributed by atoms with E-state index >= 15 is 0 Å². The summed E-state index contributed by atoms with van der Waals surface area (Å²) in [6, 6.07) is 3.47. The summed E-state index contributed by atoms with van der Waals surface area (Å²) in [5, 5.41) is 116. The third kappa shape index (κ3) is 5.29. The van der Waals surface area contributed by atoms with Crippen LogP contribution in [0.15, 0.2) is 27.4 Å². The van der Waals surface area contributed by atoms with Crippen molar-refractivity contribution in [3.05, 3.63) is 39.5 Å². The number of methoxy groups -OCH3 is 2. The SMILES string of the molecule is COc1cc(-c2cc(=O)c3c(O)c([C@@H]4O[C@@H](CO)[C@@H](O)[C@H](O)[C@@H]4O)c(O)c([C@@H]4O[C@@H](CO)[C@@H](O)[C@H](O)[C@@H]4O)c3o2)cc(OC)c1O. The van der Waals surface area contributed by atoms with Crippen LogP contribution < -0.4 is 14.9 Å². The molecule has 17 nitrogen and oxygen atoms in total. The Morgan fingerprint density at radius 2 is 1.13 bits per heavy atom. The minimum Gasteiger partial charge on any atom is -0.507 e. The molecule has 1 aromatic heterocycles. The molecule has 3 aromatic rings. The summed E-state index contributed by atoms with van der Waals surface area (Å²) in [4.78, 5) is 13.7. The number of benzene rings is 2. The molecule has 0 amide bonds. The van der Waals surface area contributed by atoms with Crippen LogP contribution in [0.2, 0.25) is 0 Å². The quantitative estimate of drug-likeness (QED) is 0.127. The second-order valence-corrected chi connectivity index (χ2v) is 10.9. The molecule has 17 heteroatoms. The van der Waals surface area contributed by atoms with Gasteiger partial charge in [0, 0.05) is 11.6 Å². The summed E-state index contributed by atoms with van der Waals surface area (Å²) in [6.07, 6.45) is -18.5. The summed E-state index contributed by atoms with van der Waals surface area (Å²) in [5.74, 6) is -2.87. The summed E-state index contributed by atoms with van der Waals surface area (Å²) >= 11 is 0. The van der Waals surface area contributed by atoms with E-state index in [0.717, 1.165) is 6.07 Å². The first kappa shape index (κ1) is 33.6. The van der Waals surface area contributed by atoms with Crippen molar-refractivity contribution in [3.8, 4) is 40.1 Å². The van der Waals surface area contributed by atoms with Gasteiger partial charge >= 0.3 is 0 Å². The first-order valence-corrected chi connectivity index (χ1v) is 13.9. The summed E-state index contributed by atoms with van der Waals surface area (Å²) in [6.45, 7) is -1.75. The molecule has 2 aliphatic rings. The Kier molecular flexibility index (Phi) is 9.35. The smallest absolute Gasteiger partial charge is 0.200 e. The average Bonchev–Trinajstić information content (AvgIpc) is 3.04. The fraction of sp³-hybridized carbons (Fsp3) is 0.483. The monoisotopic (exact) mass is 654 g/mol. The van der Waals surface area contributed by atoms with Gasteiger partial charge < -0.3 is 79.5 Å². The lowest BCUT2D eigenvalue weighted by Gasteiger charge is -2.42. The number of phenols is 3. The molecule has 0 aliphatic carbocycles. The molecule has 0 bridgehead atoms. The third-order valence-corrected chi connectivity index (χ3v) is 8.31. The van der Waals surface area contributed by atoms with E-state index in [1.807, 2.05) is 0 Å². The van der Waals surface area contributed by atoms with Crippen molar-refractivity contribution < 1.29 is 79.5 Å². The predicted octanol–water partition coefficient (Wildman–Crippen LogP) is -2.38. The molecular weight excluding hydrogens is 620 g/mol. The molecule has 0 unspecified atom stereocenters. The van der Waals surface area contributed by atoms with Crippen molar-refractivity contribution in [1.29, 1.82) is 0 Å². The molecule has 10 atom stereocenters. The van der Waals surface area contributed by atoms with Crippen LogP contribution >= 0.6 is 0 Å². The zero-order valence-electron chi connectivity index (χ0n) is 24.3. The maximum Gasteiger partial charge on any atom is 0.200 e. The molecule has 2 fully saturated rings. The van der Waals surface area contributed by atoms with Crippen LogP contribution in [0.25, 0.3) is 22.3 Å². The minimum atomic E-state index is -2.06. The van der Waals surface area contributed by atoms with Gasteiger partial charge in [-0.15, -0.1) is 0 Å². The Labute approximate surface area is 258 Å². The molecular formula is C29H34O17. The summed E-state index contributed by atoms with van der Waals surface area (Å²) in [7, 11) is 2.51. The number of fused-ring (bicyclic) bond motifs is 1. The Balaban J connectivity index is 1.84. The Morgan fingerprint density at radius 3 is 1.59 bits per heavy atom. The van der Waals surface area contributed by atoms with Gasteiger partial charge in [-0.2, -0.15) is 0 Å². The highest BCUT2D eigenvalue weighted by Crippen LogP contribution is 2.51. The van der Waals surface area contributed by atoms with Gasteiger partial charge in [0.1, 0.15) is 83.7 Å². The van der Waals surface area contributed by atoms with Gasteiger partial charge in [-0.1, -0.05) is 0 Å². The molecule has 5 rings (SSSR count). The van der Waals surface area contributed by atoms with Crippen molar-refractivity contribution in [2.75, 3.05) is 27.4 Å². The number of hydrogen-bond acceptors (Lipinski definition) is 17. The van der Waals surface area contributed by atoms with Crippen LogP contribution in [0.1, 0.15) is 23.3 Å². The Morgan fingerprint density at radius 1 is 0.652 bits per heavy atom. The maximum atomic E-state index is 13.7. The minimum absolute atomic E-state index is 0.0854. The highest BCUT2D eigenvalue weighted by atomic mass is 16.6. The molecule has 3 heterocycles. The van der Waals surface area contributed by atoms with E-state index in [9.17, 15) is 61.0 Å². The van der Waals surface area contributed by atoms with Crippen LogP contribution in [-0.2, 0) is 9.47 Å². The molecule has 252 valence electrons. The van der Waals surface area contributed by atoms with Crippen LogP contribution in [0.4, 0.5) is 0 Å². The van der Waals surface area contributed by atoms with Crippen molar-refractivity contribution in [2.24, 2.45) is 0 Å². The van der Waals surface area contributed by atoms with Crippen molar-refractivity contribution in [1.82, 2.24) is 0 Å². The average molecular weight is 655 g/mol. The molecule has 0 radical (unpaired) electrons. The van der Waals surface area contributed by atoms with Gasteiger partial charge in [0.05, 0.1) is 38.6 Å². The normalized spacial score (nSPS) is 31.6. The molecule has 11 N–H and O–H groups in total. The van der Waals surface area contributed by atoms with Gasteiger partial charge in [-0.25, -0.2) is 0 Å². The second kappa shape index (κ2) is 12.8. The molecule has 46 heavy (non-hydrogen) atoms. The fourth-order valence-corrected chi connectivity index (χ4v) is 5.80. The lowest BCUT2D eigenvalue weighted by Crippen LogP contribution is -2.55.